The number of thiocarbonyl (C=S) groups is 2. The van der Waals surface area contributed by atoms with Crippen LogP contribution in [0.3, 0.4) is 0 Å². The van der Waals surface area contributed by atoms with E-state index in [1.807, 2.05) is 0 Å². The molecule has 0 heterocycles. The number of unbranched alkanes of at least 4 members (excludes halogenated alkanes) is 2. The highest BCUT2D eigenvalue weighted by atomic mass is 32.1. The Morgan fingerprint density at radius 3 is 1.92 bits per heavy atom. The Kier molecular flexibility index (Phi) is 9.96. The molecule has 0 aromatic rings. The Bertz CT molecular complexity index is 339. The minimum absolute atomic E-state index is 0.599. The highest BCUT2D eigenvalue weighted by Crippen LogP contribution is 2.18. The van der Waals surface area contributed by atoms with E-state index in [0.29, 0.717) is 12.1 Å². The van der Waals surface area contributed by atoms with Gasteiger partial charge in [0.1, 0.15) is 0 Å². The summed E-state index contributed by atoms with van der Waals surface area (Å²) in [5.74, 6) is 0. The maximum absolute atomic E-state index is 5.49. The van der Waals surface area contributed by atoms with Gasteiger partial charge in [0.25, 0.3) is 0 Å². The second kappa shape index (κ2) is 12.0. The van der Waals surface area contributed by atoms with Gasteiger partial charge < -0.3 is 16.0 Å². The minimum Gasteiger partial charge on any atom is -0.377 e. The topological polar surface area (TPSA) is 36.1 Å². The average molecular weight is 370 g/mol. The van der Waals surface area contributed by atoms with E-state index in [1.54, 1.807) is 0 Å². The fraction of sp³-hybridized carbons (Fsp3) is 0.895. The van der Waals surface area contributed by atoms with Crippen molar-refractivity contribution in [1.82, 2.24) is 16.0 Å². The standard InChI is InChI=1S/C19H35N3S2/c23-18(21-16-10-4-1-5-11-16)14-8-3-9-15-20-19(24)22-17-12-6-2-7-13-17/h16-17H,1-15H2,(H,21,23)(H2,20,22,24). The molecule has 2 aliphatic carbocycles. The molecule has 3 N–H and O–H groups in total. The average Bonchev–Trinajstić information content (AvgIpc) is 2.60. The van der Waals surface area contributed by atoms with E-state index < -0.39 is 0 Å². The summed E-state index contributed by atoms with van der Waals surface area (Å²) < 4.78 is 0. The summed E-state index contributed by atoms with van der Waals surface area (Å²) in [5, 5.41) is 11.2. The molecule has 2 fully saturated rings. The smallest absolute Gasteiger partial charge is 0.166 e. The first-order valence-corrected chi connectivity index (χ1v) is 10.9. The third-order valence-electron chi connectivity index (χ3n) is 5.28. The van der Waals surface area contributed by atoms with Crippen LogP contribution in [0, 0.1) is 0 Å². The van der Waals surface area contributed by atoms with Crippen LogP contribution in [0.2, 0.25) is 0 Å². The van der Waals surface area contributed by atoms with Gasteiger partial charge in [-0.15, -0.1) is 0 Å². The van der Waals surface area contributed by atoms with Gasteiger partial charge in [-0.3, -0.25) is 0 Å². The number of rotatable bonds is 8. The van der Waals surface area contributed by atoms with E-state index in [1.165, 1.54) is 83.5 Å². The molecule has 0 spiro atoms. The molecule has 0 amide bonds. The summed E-state index contributed by atoms with van der Waals surface area (Å²) in [4.78, 5) is 1.07. The van der Waals surface area contributed by atoms with Gasteiger partial charge in [0.2, 0.25) is 0 Å². The number of hydrogen-bond acceptors (Lipinski definition) is 2. The van der Waals surface area contributed by atoms with Gasteiger partial charge in [-0.1, -0.05) is 57.2 Å². The summed E-state index contributed by atoms with van der Waals surface area (Å²) in [6.07, 6.45) is 17.9. The lowest BCUT2D eigenvalue weighted by Crippen LogP contribution is -2.42. The van der Waals surface area contributed by atoms with Crippen LogP contribution >= 0.6 is 24.4 Å². The Morgan fingerprint density at radius 2 is 1.29 bits per heavy atom. The zero-order valence-corrected chi connectivity index (χ0v) is 16.7. The van der Waals surface area contributed by atoms with Crippen molar-refractivity contribution in [2.24, 2.45) is 0 Å². The van der Waals surface area contributed by atoms with E-state index in [0.717, 1.165) is 23.1 Å². The number of nitrogens with one attached hydrogen (secondary N) is 3. The molecule has 0 aromatic carbocycles. The zero-order chi connectivity index (χ0) is 17.0. The van der Waals surface area contributed by atoms with Gasteiger partial charge in [-0.2, -0.15) is 0 Å². The maximum atomic E-state index is 5.49. The lowest BCUT2D eigenvalue weighted by Gasteiger charge is -2.24. The molecule has 0 radical (unpaired) electrons. The van der Waals surface area contributed by atoms with Crippen LogP contribution < -0.4 is 16.0 Å². The van der Waals surface area contributed by atoms with Crippen LogP contribution in [0.15, 0.2) is 0 Å². The van der Waals surface area contributed by atoms with Crippen LogP contribution in [-0.4, -0.2) is 28.7 Å². The fourth-order valence-corrected chi connectivity index (χ4v) is 4.40. The quantitative estimate of drug-likeness (QED) is 0.431. The molecule has 0 aromatic heterocycles. The van der Waals surface area contributed by atoms with Gasteiger partial charge in [-0.05, 0) is 57.2 Å². The van der Waals surface area contributed by atoms with Crippen molar-refractivity contribution in [3.8, 4) is 0 Å². The summed E-state index contributed by atoms with van der Waals surface area (Å²) in [7, 11) is 0. The summed E-state index contributed by atoms with van der Waals surface area (Å²) in [6, 6.07) is 1.25. The predicted molar refractivity (Wildman–Crippen MR) is 112 cm³/mol. The van der Waals surface area contributed by atoms with Crippen molar-refractivity contribution in [3.05, 3.63) is 0 Å². The molecule has 138 valence electrons. The first kappa shape index (κ1) is 19.9. The van der Waals surface area contributed by atoms with E-state index >= 15 is 0 Å². The van der Waals surface area contributed by atoms with Crippen LogP contribution in [0.4, 0.5) is 0 Å². The maximum Gasteiger partial charge on any atom is 0.166 e. The van der Waals surface area contributed by atoms with Gasteiger partial charge in [-0.25, -0.2) is 0 Å². The second-order valence-electron chi connectivity index (χ2n) is 7.45. The molecule has 0 saturated heterocycles. The van der Waals surface area contributed by atoms with Crippen molar-refractivity contribution in [2.75, 3.05) is 6.54 Å². The Morgan fingerprint density at radius 1 is 0.708 bits per heavy atom. The van der Waals surface area contributed by atoms with Crippen molar-refractivity contribution in [2.45, 2.75) is 102 Å². The summed E-state index contributed by atoms with van der Waals surface area (Å²) >= 11 is 10.9. The Hall–Kier alpha value is -0.420. The molecule has 5 heteroatoms. The minimum atomic E-state index is 0.599. The first-order chi connectivity index (χ1) is 11.7. The third-order valence-corrected chi connectivity index (χ3v) is 5.86. The molecule has 24 heavy (non-hydrogen) atoms. The van der Waals surface area contributed by atoms with Gasteiger partial charge in [0, 0.05) is 18.6 Å². The van der Waals surface area contributed by atoms with Gasteiger partial charge in [0.15, 0.2) is 5.11 Å². The molecular weight excluding hydrogens is 334 g/mol. The highest BCUT2D eigenvalue weighted by molar-refractivity contribution is 7.80. The van der Waals surface area contributed by atoms with Crippen LogP contribution in [0.25, 0.3) is 0 Å². The lowest BCUT2D eigenvalue weighted by atomic mass is 9.95. The normalized spacial score (nSPS) is 19.7. The fourth-order valence-electron chi connectivity index (χ4n) is 3.82. The van der Waals surface area contributed by atoms with E-state index in [4.69, 9.17) is 24.4 Å². The molecular formula is C19H35N3S2. The molecule has 2 aliphatic rings. The van der Waals surface area contributed by atoms with Crippen molar-refractivity contribution in [3.63, 3.8) is 0 Å². The second-order valence-corrected chi connectivity index (χ2v) is 8.35. The monoisotopic (exact) mass is 369 g/mol. The number of hydrogen-bond donors (Lipinski definition) is 3. The van der Waals surface area contributed by atoms with Crippen LogP contribution in [0.5, 0.6) is 0 Å². The van der Waals surface area contributed by atoms with Crippen LogP contribution in [0.1, 0.15) is 89.9 Å². The molecule has 0 atom stereocenters. The van der Waals surface area contributed by atoms with E-state index in [9.17, 15) is 0 Å². The Balaban J connectivity index is 1.41. The molecule has 0 unspecified atom stereocenters. The van der Waals surface area contributed by atoms with Crippen molar-refractivity contribution < 1.29 is 0 Å². The van der Waals surface area contributed by atoms with E-state index in [-0.39, 0.29) is 0 Å². The predicted octanol–water partition coefficient (Wildman–Crippen LogP) is 4.59. The third kappa shape index (κ3) is 8.61. The summed E-state index contributed by atoms with van der Waals surface area (Å²) in [5.41, 5.74) is 0. The molecule has 0 aliphatic heterocycles. The molecule has 2 saturated carbocycles. The SMILES string of the molecule is S=C(CCCCCNC(=S)NC1CCCCC1)NC1CCCCC1. The molecule has 0 bridgehead atoms. The first-order valence-electron chi connectivity index (χ1n) is 10.1. The highest BCUT2D eigenvalue weighted by Gasteiger charge is 2.14. The molecule has 3 nitrogen and oxygen atoms in total. The lowest BCUT2D eigenvalue weighted by molar-refractivity contribution is 0.411. The van der Waals surface area contributed by atoms with Gasteiger partial charge >= 0.3 is 0 Å². The van der Waals surface area contributed by atoms with Crippen molar-refractivity contribution in [1.29, 1.82) is 0 Å². The summed E-state index contributed by atoms with van der Waals surface area (Å²) in [6.45, 7) is 0.974. The van der Waals surface area contributed by atoms with Gasteiger partial charge in [0.05, 0.1) is 4.99 Å². The van der Waals surface area contributed by atoms with Crippen LogP contribution in [-0.2, 0) is 0 Å². The van der Waals surface area contributed by atoms with E-state index in [2.05, 4.69) is 16.0 Å². The molecule has 2 rings (SSSR count). The zero-order valence-electron chi connectivity index (χ0n) is 15.1. The Labute approximate surface area is 159 Å². The van der Waals surface area contributed by atoms with Crippen molar-refractivity contribution >= 4 is 34.5 Å². The largest absolute Gasteiger partial charge is 0.377 e.